The van der Waals surface area contributed by atoms with Crippen LogP contribution in [0.15, 0.2) is 17.2 Å². The van der Waals surface area contributed by atoms with Crippen LogP contribution in [0.4, 0.5) is 8.78 Å². The molecule has 1 unspecified atom stereocenters. The Morgan fingerprint density at radius 3 is 2.61 bits per heavy atom. The van der Waals surface area contributed by atoms with Crippen LogP contribution in [-0.4, -0.2) is 47.3 Å². The first-order valence-corrected chi connectivity index (χ1v) is 8.26. The van der Waals surface area contributed by atoms with E-state index in [1.807, 2.05) is 0 Å². The summed E-state index contributed by atoms with van der Waals surface area (Å²) in [5.74, 6) is 1.06. The van der Waals surface area contributed by atoms with Crippen LogP contribution in [0.2, 0.25) is 0 Å². The van der Waals surface area contributed by atoms with Gasteiger partial charge in [-0.1, -0.05) is 0 Å². The van der Waals surface area contributed by atoms with Crippen LogP contribution in [0.5, 0.6) is 0 Å². The zero-order valence-electron chi connectivity index (χ0n) is 13.2. The molecule has 1 atom stereocenters. The molecule has 2 aliphatic heterocycles. The van der Waals surface area contributed by atoms with Gasteiger partial charge in [-0.25, -0.2) is 13.8 Å². The minimum atomic E-state index is -2.69. The minimum Gasteiger partial charge on any atom is -0.381 e. The Bertz CT molecular complexity index is 565. The van der Waals surface area contributed by atoms with Crippen molar-refractivity contribution in [1.29, 1.82) is 0 Å². The maximum atomic E-state index is 12.5. The molecule has 5 nitrogen and oxygen atoms in total. The lowest BCUT2D eigenvalue weighted by Crippen LogP contribution is -2.39. The van der Waals surface area contributed by atoms with Crippen molar-refractivity contribution >= 4 is 0 Å². The Hall–Kier alpha value is -1.34. The minimum absolute atomic E-state index is 0.388. The summed E-state index contributed by atoms with van der Waals surface area (Å²) in [7, 11) is 0. The Kier molecular flexibility index (Phi) is 5.38. The number of aromatic nitrogens is 2. The fourth-order valence-corrected chi connectivity index (χ4v) is 3.42. The van der Waals surface area contributed by atoms with Gasteiger partial charge in [0.05, 0.1) is 12.9 Å². The Morgan fingerprint density at radius 2 is 2.00 bits per heavy atom. The summed E-state index contributed by atoms with van der Waals surface area (Å²) in [6.07, 6.45) is 1.76. The van der Waals surface area contributed by atoms with Crippen LogP contribution in [0.1, 0.15) is 31.4 Å². The van der Waals surface area contributed by atoms with Crippen LogP contribution in [0.3, 0.4) is 0 Å². The smallest absolute Gasteiger partial charge is 0.280 e. The normalized spacial score (nSPS) is 23.7. The van der Waals surface area contributed by atoms with Crippen LogP contribution >= 0.6 is 0 Å². The number of likely N-dealkylation sites (tertiary alicyclic amines) is 1. The summed E-state index contributed by atoms with van der Waals surface area (Å²) in [6.45, 7) is 5.47. The van der Waals surface area contributed by atoms with E-state index in [9.17, 15) is 13.6 Å². The van der Waals surface area contributed by atoms with Gasteiger partial charge in [0.25, 0.3) is 12.0 Å². The molecule has 0 bridgehead atoms. The predicted octanol–water partition coefficient (Wildman–Crippen LogP) is 1.93. The molecule has 128 valence electrons. The summed E-state index contributed by atoms with van der Waals surface area (Å²) in [5, 5.41) is 0. The molecule has 2 fully saturated rings. The number of rotatable bonds is 5. The highest BCUT2D eigenvalue weighted by molar-refractivity contribution is 5.00. The van der Waals surface area contributed by atoms with Gasteiger partial charge < -0.3 is 9.64 Å². The average molecular weight is 327 g/mol. The van der Waals surface area contributed by atoms with Gasteiger partial charge in [0.1, 0.15) is 5.69 Å². The fourth-order valence-electron chi connectivity index (χ4n) is 3.42. The van der Waals surface area contributed by atoms with E-state index in [0.717, 1.165) is 58.2 Å². The highest BCUT2D eigenvalue weighted by Crippen LogP contribution is 2.22. The first-order chi connectivity index (χ1) is 11.1. The summed E-state index contributed by atoms with van der Waals surface area (Å²) in [6, 6.07) is 0.944. The third-order valence-corrected chi connectivity index (χ3v) is 4.83. The SMILES string of the molecule is O=c1cc(C(F)F)ncn1CC1CCN(CC2CCOC2)CC1. The molecule has 1 aromatic heterocycles. The van der Waals surface area contributed by atoms with Crippen molar-refractivity contribution < 1.29 is 13.5 Å². The lowest BCUT2D eigenvalue weighted by atomic mass is 9.95. The average Bonchev–Trinajstić information content (AvgIpc) is 3.04. The molecule has 3 heterocycles. The zero-order chi connectivity index (χ0) is 16.2. The molecule has 0 saturated carbocycles. The van der Waals surface area contributed by atoms with Gasteiger partial charge in [-0.05, 0) is 44.2 Å². The van der Waals surface area contributed by atoms with E-state index in [4.69, 9.17) is 4.74 Å². The third-order valence-electron chi connectivity index (χ3n) is 4.83. The van der Waals surface area contributed by atoms with Gasteiger partial charge >= 0.3 is 0 Å². The molecule has 0 amide bonds. The molecule has 0 aliphatic carbocycles. The van der Waals surface area contributed by atoms with Crippen molar-refractivity contribution in [2.45, 2.75) is 32.2 Å². The van der Waals surface area contributed by atoms with Crippen molar-refractivity contribution in [3.05, 3.63) is 28.4 Å². The molecule has 2 saturated heterocycles. The van der Waals surface area contributed by atoms with Crippen LogP contribution < -0.4 is 5.56 Å². The third kappa shape index (κ3) is 4.35. The van der Waals surface area contributed by atoms with E-state index in [1.54, 1.807) is 0 Å². The lowest BCUT2D eigenvalue weighted by Gasteiger charge is -2.33. The molecule has 0 radical (unpaired) electrons. The van der Waals surface area contributed by atoms with Crippen LogP contribution in [0, 0.1) is 11.8 Å². The van der Waals surface area contributed by atoms with Crippen LogP contribution in [-0.2, 0) is 11.3 Å². The van der Waals surface area contributed by atoms with Crippen molar-refractivity contribution in [2.24, 2.45) is 11.8 Å². The monoisotopic (exact) mass is 327 g/mol. The Balaban J connectivity index is 1.49. The van der Waals surface area contributed by atoms with Crippen molar-refractivity contribution in [3.63, 3.8) is 0 Å². The molecule has 23 heavy (non-hydrogen) atoms. The second kappa shape index (κ2) is 7.49. The summed E-state index contributed by atoms with van der Waals surface area (Å²) in [5.41, 5.74) is -0.833. The molecular weight excluding hydrogens is 304 g/mol. The van der Waals surface area contributed by atoms with Crippen molar-refractivity contribution in [1.82, 2.24) is 14.5 Å². The lowest BCUT2D eigenvalue weighted by molar-refractivity contribution is 0.135. The predicted molar refractivity (Wildman–Crippen MR) is 81.5 cm³/mol. The molecule has 0 aromatic carbocycles. The fraction of sp³-hybridized carbons (Fsp3) is 0.750. The standard InChI is InChI=1S/C16H23F2N3O2/c17-16(18)14-7-15(22)21(11-19-14)9-12-1-4-20(5-2-12)8-13-3-6-23-10-13/h7,11-13,16H,1-6,8-10H2. The molecule has 7 heteroatoms. The first kappa shape index (κ1) is 16.5. The van der Waals surface area contributed by atoms with Crippen molar-refractivity contribution in [3.8, 4) is 0 Å². The quantitative estimate of drug-likeness (QED) is 0.829. The second-order valence-electron chi connectivity index (χ2n) is 6.58. The number of piperidine rings is 1. The highest BCUT2D eigenvalue weighted by Gasteiger charge is 2.24. The second-order valence-corrected chi connectivity index (χ2v) is 6.58. The summed E-state index contributed by atoms with van der Waals surface area (Å²) >= 11 is 0. The van der Waals surface area contributed by atoms with E-state index in [0.29, 0.717) is 18.4 Å². The Morgan fingerprint density at radius 1 is 1.22 bits per heavy atom. The largest absolute Gasteiger partial charge is 0.381 e. The van der Waals surface area contributed by atoms with E-state index < -0.39 is 12.1 Å². The molecule has 3 rings (SSSR count). The van der Waals surface area contributed by atoms with E-state index >= 15 is 0 Å². The number of hydrogen-bond donors (Lipinski definition) is 0. The summed E-state index contributed by atoms with van der Waals surface area (Å²) < 4.78 is 31.9. The Labute approximate surface area is 134 Å². The maximum absolute atomic E-state index is 12.5. The van der Waals surface area contributed by atoms with Gasteiger partial charge in [-0.2, -0.15) is 0 Å². The topological polar surface area (TPSA) is 47.4 Å². The number of alkyl halides is 2. The molecule has 2 aliphatic rings. The van der Waals surface area contributed by atoms with Gasteiger partial charge in [0.15, 0.2) is 0 Å². The molecule has 0 spiro atoms. The van der Waals surface area contributed by atoms with Gasteiger partial charge in [0.2, 0.25) is 0 Å². The zero-order valence-corrected chi connectivity index (χ0v) is 13.2. The van der Waals surface area contributed by atoms with Crippen LogP contribution in [0.25, 0.3) is 0 Å². The van der Waals surface area contributed by atoms with Crippen molar-refractivity contribution in [2.75, 3.05) is 32.8 Å². The van der Waals surface area contributed by atoms with E-state index in [1.165, 1.54) is 10.9 Å². The number of hydrogen-bond acceptors (Lipinski definition) is 4. The van der Waals surface area contributed by atoms with Gasteiger partial charge in [-0.3, -0.25) is 9.36 Å². The first-order valence-electron chi connectivity index (χ1n) is 8.26. The van der Waals surface area contributed by atoms with Gasteiger partial charge in [0, 0.05) is 25.8 Å². The number of nitrogens with zero attached hydrogens (tertiary/aromatic N) is 3. The summed E-state index contributed by atoms with van der Waals surface area (Å²) in [4.78, 5) is 18.0. The number of halogens is 2. The molecule has 1 aromatic rings. The number of ether oxygens (including phenoxy) is 1. The van der Waals surface area contributed by atoms with Gasteiger partial charge in [-0.15, -0.1) is 0 Å². The molecule has 0 N–H and O–H groups in total. The maximum Gasteiger partial charge on any atom is 0.280 e. The van der Waals surface area contributed by atoms with E-state index in [2.05, 4.69) is 9.88 Å². The highest BCUT2D eigenvalue weighted by atomic mass is 19.3. The molecular formula is C16H23F2N3O2. The van der Waals surface area contributed by atoms with E-state index in [-0.39, 0.29) is 5.56 Å².